The number of amides is 2. The lowest BCUT2D eigenvalue weighted by atomic mass is 9.92. The number of hydrogen-bond acceptors (Lipinski definition) is 4. The molecule has 2 aromatic carbocycles. The number of aryl methyl sites for hydroxylation is 1. The standard InChI is InChI=1S/C21H22BrNO4/c1-13-11-16(26-3)9-10-17(13)14(2)19(22)20(24)23-18(12-27-21(23)25)15-7-5-4-6-8-15/h4-11,14,18-19H,12H2,1-3H3/t14-,18-,19+/m1/s1. The summed E-state index contributed by atoms with van der Waals surface area (Å²) in [6, 6.07) is 14.8. The zero-order chi connectivity index (χ0) is 19.6. The Morgan fingerprint density at radius 3 is 2.59 bits per heavy atom. The fraction of sp³-hybridized carbons (Fsp3) is 0.333. The molecule has 1 heterocycles. The number of nitrogens with zero attached hydrogens (tertiary/aromatic N) is 1. The van der Waals surface area contributed by atoms with E-state index in [9.17, 15) is 9.59 Å². The molecule has 0 radical (unpaired) electrons. The van der Waals surface area contributed by atoms with Crippen LogP contribution in [0, 0.1) is 6.92 Å². The van der Waals surface area contributed by atoms with Crippen molar-refractivity contribution in [1.29, 1.82) is 0 Å². The molecule has 0 aromatic heterocycles. The number of benzene rings is 2. The second kappa shape index (κ2) is 8.13. The lowest BCUT2D eigenvalue weighted by molar-refractivity contribution is -0.128. The Labute approximate surface area is 167 Å². The van der Waals surface area contributed by atoms with E-state index in [-0.39, 0.29) is 18.4 Å². The van der Waals surface area contributed by atoms with Crippen molar-refractivity contribution in [2.75, 3.05) is 13.7 Å². The van der Waals surface area contributed by atoms with Gasteiger partial charge in [0.25, 0.3) is 0 Å². The molecule has 2 aromatic rings. The summed E-state index contributed by atoms with van der Waals surface area (Å²) in [5, 5.41) is 0. The fourth-order valence-corrected chi connectivity index (χ4v) is 3.88. The number of hydrogen-bond donors (Lipinski definition) is 0. The van der Waals surface area contributed by atoms with Gasteiger partial charge in [0, 0.05) is 5.92 Å². The van der Waals surface area contributed by atoms with Gasteiger partial charge in [0.1, 0.15) is 23.2 Å². The monoisotopic (exact) mass is 431 g/mol. The molecule has 0 saturated carbocycles. The van der Waals surface area contributed by atoms with Crippen LogP contribution in [0.3, 0.4) is 0 Å². The fourth-order valence-electron chi connectivity index (χ4n) is 3.38. The van der Waals surface area contributed by atoms with E-state index in [1.165, 1.54) is 4.90 Å². The molecule has 1 aliphatic rings. The number of rotatable bonds is 5. The van der Waals surface area contributed by atoms with Gasteiger partial charge in [-0.2, -0.15) is 0 Å². The van der Waals surface area contributed by atoms with Crippen LogP contribution in [0.25, 0.3) is 0 Å². The van der Waals surface area contributed by atoms with E-state index in [0.717, 1.165) is 22.4 Å². The van der Waals surface area contributed by atoms with Gasteiger partial charge < -0.3 is 9.47 Å². The maximum atomic E-state index is 13.1. The van der Waals surface area contributed by atoms with Gasteiger partial charge in [-0.1, -0.05) is 59.3 Å². The van der Waals surface area contributed by atoms with Crippen LogP contribution in [0.5, 0.6) is 5.75 Å². The minimum absolute atomic E-state index is 0.131. The molecule has 142 valence electrons. The van der Waals surface area contributed by atoms with Crippen molar-refractivity contribution in [2.24, 2.45) is 0 Å². The van der Waals surface area contributed by atoms with Crippen LogP contribution >= 0.6 is 15.9 Å². The molecule has 0 N–H and O–H groups in total. The van der Waals surface area contributed by atoms with Crippen LogP contribution < -0.4 is 4.74 Å². The quantitative estimate of drug-likeness (QED) is 0.649. The Hall–Kier alpha value is -2.34. The first-order chi connectivity index (χ1) is 12.9. The Balaban J connectivity index is 1.84. The summed E-state index contributed by atoms with van der Waals surface area (Å²) in [5.74, 6) is 0.343. The first-order valence-corrected chi connectivity index (χ1v) is 9.69. The third-order valence-corrected chi connectivity index (χ3v) is 6.12. The highest BCUT2D eigenvalue weighted by Gasteiger charge is 2.42. The summed E-state index contributed by atoms with van der Waals surface area (Å²) in [6.45, 7) is 4.12. The van der Waals surface area contributed by atoms with Gasteiger partial charge in [-0.3, -0.25) is 4.79 Å². The molecule has 6 heteroatoms. The molecule has 3 rings (SSSR count). The van der Waals surface area contributed by atoms with E-state index in [1.807, 2.05) is 62.4 Å². The number of methoxy groups -OCH3 is 1. The Kier molecular flexibility index (Phi) is 5.85. The van der Waals surface area contributed by atoms with Gasteiger partial charge in [-0.05, 0) is 35.7 Å². The average molecular weight is 432 g/mol. The van der Waals surface area contributed by atoms with Crippen LogP contribution in [-0.4, -0.2) is 35.4 Å². The first-order valence-electron chi connectivity index (χ1n) is 8.77. The van der Waals surface area contributed by atoms with E-state index in [2.05, 4.69) is 15.9 Å². The minimum atomic E-state index is -0.600. The number of halogens is 1. The minimum Gasteiger partial charge on any atom is -0.497 e. The molecule has 27 heavy (non-hydrogen) atoms. The summed E-state index contributed by atoms with van der Waals surface area (Å²) in [7, 11) is 1.62. The largest absolute Gasteiger partial charge is 0.497 e. The number of imide groups is 1. The van der Waals surface area contributed by atoms with Crippen LogP contribution in [-0.2, 0) is 9.53 Å². The van der Waals surface area contributed by atoms with Crippen molar-refractivity contribution >= 4 is 27.9 Å². The van der Waals surface area contributed by atoms with Crippen molar-refractivity contribution in [3.63, 3.8) is 0 Å². The Morgan fingerprint density at radius 2 is 1.96 bits per heavy atom. The lowest BCUT2D eigenvalue weighted by Crippen LogP contribution is -2.40. The molecule has 1 saturated heterocycles. The average Bonchev–Trinajstić information content (AvgIpc) is 3.08. The number of cyclic esters (lactones) is 1. The zero-order valence-corrected chi connectivity index (χ0v) is 17.1. The topological polar surface area (TPSA) is 55.8 Å². The second-order valence-electron chi connectivity index (χ2n) is 6.62. The normalized spacial score (nSPS) is 18.7. The van der Waals surface area contributed by atoms with Crippen molar-refractivity contribution in [3.8, 4) is 5.75 Å². The summed E-state index contributed by atoms with van der Waals surface area (Å²) in [4.78, 5) is 26.1. The molecule has 3 atom stereocenters. The van der Waals surface area contributed by atoms with Gasteiger partial charge in [-0.15, -0.1) is 0 Å². The van der Waals surface area contributed by atoms with Crippen molar-refractivity contribution < 1.29 is 19.1 Å². The molecule has 1 aliphatic heterocycles. The smallest absolute Gasteiger partial charge is 0.417 e. The molecule has 0 aliphatic carbocycles. The van der Waals surface area contributed by atoms with E-state index in [1.54, 1.807) is 7.11 Å². The molecule has 5 nitrogen and oxygen atoms in total. The summed E-state index contributed by atoms with van der Waals surface area (Å²) in [5.41, 5.74) is 2.93. The van der Waals surface area contributed by atoms with Crippen LogP contribution in [0.4, 0.5) is 4.79 Å². The number of carbonyl (C=O) groups is 2. The maximum absolute atomic E-state index is 13.1. The van der Waals surface area contributed by atoms with E-state index in [0.29, 0.717) is 0 Å². The van der Waals surface area contributed by atoms with Crippen molar-refractivity contribution in [2.45, 2.75) is 30.6 Å². The third kappa shape index (κ3) is 3.86. The van der Waals surface area contributed by atoms with E-state index in [4.69, 9.17) is 9.47 Å². The van der Waals surface area contributed by atoms with Crippen molar-refractivity contribution in [3.05, 3.63) is 65.2 Å². The highest BCUT2D eigenvalue weighted by atomic mass is 79.9. The highest BCUT2D eigenvalue weighted by Crippen LogP contribution is 2.34. The van der Waals surface area contributed by atoms with Crippen LogP contribution in [0.15, 0.2) is 48.5 Å². The Morgan fingerprint density at radius 1 is 1.26 bits per heavy atom. The summed E-state index contributed by atoms with van der Waals surface area (Å²) in [6.07, 6.45) is -0.600. The van der Waals surface area contributed by atoms with Gasteiger partial charge in [0.2, 0.25) is 5.91 Å². The van der Waals surface area contributed by atoms with Crippen LogP contribution in [0.2, 0.25) is 0 Å². The molecular weight excluding hydrogens is 410 g/mol. The lowest BCUT2D eigenvalue weighted by Gasteiger charge is -2.26. The zero-order valence-electron chi connectivity index (χ0n) is 15.5. The van der Waals surface area contributed by atoms with Gasteiger partial charge in [0.05, 0.1) is 7.11 Å². The third-order valence-electron chi connectivity index (χ3n) is 4.94. The second-order valence-corrected chi connectivity index (χ2v) is 7.61. The SMILES string of the molecule is COc1ccc([C@@H](C)[C@H](Br)C(=O)N2C(=O)OC[C@@H]2c2ccccc2)c(C)c1. The number of carbonyl (C=O) groups excluding carboxylic acids is 2. The molecule has 1 fully saturated rings. The molecule has 0 bridgehead atoms. The predicted octanol–water partition coefficient (Wildman–Crippen LogP) is 4.59. The summed E-state index contributed by atoms with van der Waals surface area (Å²) >= 11 is 3.52. The summed E-state index contributed by atoms with van der Waals surface area (Å²) < 4.78 is 10.4. The van der Waals surface area contributed by atoms with Gasteiger partial charge in [-0.25, -0.2) is 9.69 Å². The van der Waals surface area contributed by atoms with E-state index >= 15 is 0 Å². The molecule has 2 amide bonds. The predicted molar refractivity (Wildman–Crippen MR) is 106 cm³/mol. The number of ether oxygens (including phenoxy) is 2. The van der Waals surface area contributed by atoms with Gasteiger partial charge >= 0.3 is 6.09 Å². The maximum Gasteiger partial charge on any atom is 0.417 e. The highest BCUT2D eigenvalue weighted by molar-refractivity contribution is 9.10. The van der Waals surface area contributed by atoms with E-state index < -0.39 is 17.0 Å². The Bertz CT molecular complexity index is 839. The van der Waals surface area contributed by atoms with Gasteiger partial charge in [0.15, 0.2) is 0 Å². The molecule has 0 spiro atoms. The van der Waals surface area contributed by atoms with Crippen molar-refractivity contribution in [1.82, 2.24) is 4.90 Å². The van der Waals surface area contributed by atoms with Crippen LogP contribution in [0.1, 0.15) is 35.6 Å². The first kappa shape index (κ1) is 19.4. The number of alkyl halides is 1. The molecule has 0 unspecified atom stereocenters. The molecular formula is C21H22BrNO4.